The lowest BCUT2D eigenvalue weighted by atomic mass is 10.4. The molecule has 0 spiro atoms. The van der Waals surface area contributed by atoms with Gasteiger partial charge in [0.05, 0.1) is 0 Å². The van der Waals surface area contributed by atoms with Crippen LogP contribution in [0.5, 0.6) is 6.01 Å². The van der Waals surface area contributed by atoms with Gasteiger partial charge in [0.15, 0.2) is 5.15 Å². The number of alkyl halides is 3. The van der Waals surface area contributed by atoms with Gasteiger partial charge in [0.25, 0.3) is 0 Å². The molecule has 1 aromatic heterocycles. The van der Waals surface area contributed by atoms with E-state index >= 15 is 0 Å². The second kappa shape index (κ2) is 3.83. The standard InChI is InChI=1S/C5HCl5N2O/c6-1-2(5(8,9)10)11-4(13)12-3(1)7/h(H,11,12,13). The normalized spacial score (nSPS) is 11.8. The first-order valence-electron chi connectivity index (χ1n) is 2.81. The van der Waals surface area contributed by atoms with Crippen molar-refractivity contribution in [1.29, 1.82) is 0 Å². The Morgan fingerprint density at radius 3 is 2.08 bits per heavy atom. The van der Waals surface area contributed by atoms with Gasteiger partial charge in [0, 0.05) is 0 Å². The highest BCUT2D eigenvalue weighted by molar-refractivity contribution is 6.67. The first-order valence-corrected chi connectivity index (χ1v) is 4.70. The van der Waals surface area contributed by atoms with Crippen LogP contribution in [-0.2, 0) is 3.79 Å². The fourth-order valence-corrected chi connectivity index (χ4v) is 1.54. The van der Waals surface area contributed by atoms with Crippen LogP contribution in [0.3, 0.4) is 0 Å². The third kappa shape index (κ3) is 2.64. The van der Waals surface area contributed by atoms with E-state index in [9.17, 15) is 0 Å². The van der Waals surface area contributed by atoms with Crippen LogP contribution in [0.25, 0.3) is 0 Å². The van der Waals surface area contributed by atoms with Crippen LogP contribution in [0.15, 0.2) is 0 Å². The summed E-state index contributed by atoms with van der Waals surface area (Å²) in [5, 5.41) is 8.67. The maximum atomic E-state index is 8.94. The molecule has 1 rings (SSSR count). The number of rotatable bonds is 0. The van der Waals surface area contributed by atoms with E-state index in [1.807, 2.05) is 0 Å². The molecular weight excluding hydrogens is 281 g/mol. The molecule has 0 saturated heterocycles. The van der Waals surface area contributed by atoms with Gasteiger partial charge < -0.3 is 5.11 Å². The monoisotopic (exact) mass is 280 g/mol. The molecule has 8 heteroatoms. The summed E-state index contributed by atoms with van der Waals surface area (Å²) in [4.78, 5) is 6.79. The Bertz CT molecular complexity index is 336. The van der Waals surface area contributed by atoms with E-state index in [1.165, 1.54) is 0 Å². The summed E-state index contributed by atoms with van der Waals surface area (Å²) in [6, 6.07) is -0.601. The summed E-state index contributed by atoms with van der Waals surface area (Å²) in [6.07, 6.45) is 0. The molecule has 1 heterocycles. The van der Waals surface area contributed by atoms with Crippen LogP contribution in [0.2, 0.25) is 10.2 Å². The van der Waals surface area contributed by atoms with Gasteiger partial charge in [0.2, 0.25) is 3.79 Å². The van der Waals surface area contributed by atoms with Crippen LogP contribution < -0.4 is 0 Å². The lowest BCUT2D eigenvalue weighted by Gasteiger charge is -2.11. The van der Waals surface area contributed by atoms with Gasteiger partial charge in [-0.3, -0.25) is 0 Å². The van der Waals surface area contributed by atoms with E-state index < -0.39 is 9.80 Å². The Labute approximate surface area is 98.5 Å². The zero-order valence-electron chi connectivity index (χ0n) is 5.73. The molecule has 0 atom stereocenters. The summed E-state index contributed by atoms with van der Waals surface area (Å²) in [6.45, 7) is 0. The minimum atomic E-state index is -1.85. The maximum absolute atomic E-state index is 8.94. The van der Waals surface area contributed by atoms with E-state index in [1.54, 1.807) is 0 Å². The summed E-state index contributed by atoms with van der Waals surface area (Å²) < 4.78 is -1.85. The smallest absolute Gasteiger partial charge is 0.315 e. The highest BCUT2D eigenvalue weighted by Gasteiger charge is 2.30. The lowest BCUT2D eigenvalue weighted by molar-refractivity contribution is 0.428. The molecule has 0 aliphatic heterocycles. The van der Waals surface area contributed by atoms with Crippen LogP contribution in [0, 0.1) is 0 Å². The molecule has 0 aliphatic rings. The Kier molecular flexibility index (Phi) is 3.36. The number of aromatic nitrogens is 2. The molecule has 1 N–H and O–H groups in total. The molecule has 0 unspecified atom stereocenters. The summed E-state index contributed by atoms with van der Waals surface area (Å²) in [5.74, 6) is 0. The van der Waals surface area contributed by atoms with Crippen molar-refractivity contribution in [1.82, 2.24) is 9.97 Å². The first kappa shape index (κ1) is 11.4. The first-order chi connectivity index (χ1) is 5.82. The van der Waals surface area contributed by atoms with Crippen molar-refractivity contribution in [3.05, 3.63) is 15.9 Å². The number of hydrogen-bond acceptors (Lipinski definition) is 3. The Hall–Kier alpha value is 0.330. The molecule has 0 aliphatic carbocycles. The van der Waals surface area contributed by atoms with Crippen molar-refractivity contribution >= 4 is 58.0 Å². The van der Waals surface area contributed by atoms with Crippen molar-refractivity contribution in [2.75, 3.05) is 0 Å². The highest BCUT2D eigenvalue weighted by Crippen LogP contribution is 2.42. The minimum absolute atomic E-state index is 0.0977. The predicted molar refractivity (Wildman–Crippen MR) is 53.0 cm³/mol. The Morgan fingerprint density at radius 2 is 1.62 bits per heavy atom. The van der Waals surface area contributed by atoms with Crippen LogP contribution in [0.4, 0.5) is 0 Å². The van der Waals surface area contributed by atoms with Crippen LogP contribution in [-0.4, -0.2) is 15.1 Å². The lowest BCUT2D eigenvalue weighted by Crippen LogP contribution is -2.06. The molecule has 0 amide bonds. The van der Waals surface area contributed by atoms with Gasteiger partial charge in [-0.25, -0.2) is 0 Å². The second-order valence-electron chi connectivity index (χ2n) is 1.97. The number of aromatic hydroxyl groups is 1. The number of halogens is 5. The fourth-order valence-electron chi connectivity index (χ4n) is 0.596. The van der Waals surface area contributed by atoms with Gasteiger partial charge in [-0.05, 0) is 0 Å². The van der Waals surface area contributed by atoms with E-state index in [-0.39, 0.29) is 15.9 Å². The predicted octanol–water partition coefficient (Wildman–Crippen LogP) is 3.32. The van der Waals surface area contributed by atoms with Crippen molar-refractivity contribution in [3.63, 3.8) is 0 Å². The zero-order chi connectivity index (χ0) is 10.2. The quantitative estimate of drug-likeness (QED) is 0.586. The molecular formula is C5HCl5N2O. The second-order valence-corrected chi connectivity index (χ2v) is 4.99. The largest absolute Gasteiger partial charge is 0.479 e. The highest BCUT2D eigenvalue weighted by atomic mass is 35.6. The van der Waals surface area contributed by atoms with Gasteiger partial charge in [0.1, 0.15) is 10.7 Å². The summed E-state index contributed by atoms with van der Waals surface area (Å²) >= 11 is 27.6. The maximum Gasteiger partial charge on any atom is 0.315 e. The molecule has 72 valence electrons. The van der Waals surface area contributed by atoms with Crippen LogP contribution >= 0.6 is 58.0 Å². The average Bonchev–Trinajstić information content (AvgIpc) is 1.94. The number of hydrogen-bond donors (Lipinski definition) is 1. The summed E-state index contributed by atoms with van der Waals surface area (Å²) in [7, 11) is 0. The van der Waals surface area contributed by atoms with E-state index in [0.717, 1.165) is 0 Å². The molecule has 0 aromatic carbocycles. The fraction of sp³-hybridized carbons (Fsp3) is 0.200. The van der Waals surface area contributed by atoms with Gasteiger partial charge in [-0.1, -0.05) is 58.0 Å². The van der Waals surface area contributed by atoms with Gasteiger partial charge in [-0.2, -0.15) is 9.97 Å². The molecule has 0 saturated carbocycles. The molecule has 0 bridgehead atoms. The summed E-state index contributed by atoms with van der Waals surface area (Å²) in [5.41, 5.74) is -0.156. The van der Waals surface area contributed by atoms with Crippen molar-refractivity contribution in [2.45, 2.75) is 3.79 Å². The van der Waals surface area contributed by atoms with Crippen molar-refractivity contribution in [2.24, 2.45) is 0 Å². The van der Waals surface area contributed by atoms with Gasteiger partial charge >= 0.3 is 6.01 Å². The molecule has 13 heavy (non-hydrogen) atoms. The van der Waals surface area contributed by atoms with Gasteiger partial charge in [-0.15, -0.1) is 0 Å². The van der Waals surface area contributed by atoms with Crippen molar-refractivity contribution < 1.29 is 5.11 Å². The molecule has 3 nitrogen and oxygen atoms in total. The third-order valence-electron chi connectivity index (χ3n) is 1.07. The Balaban J connectivity index is 3.37. The molecule has 0 fully saturated rings. The molecule has 1 aromatic rings. The third-order valence-corrected chi connectivity index (χ3v) is 2.33. The van der Waals surface area contributed by atoms with E-state index in [2.05, 4.69) is 9.97 Å². The molecule has 0 radical (unpaired) electrons. The SMILES string of the molecule is Oc1nc(Cl)c(Cl)c(C(Cl)(Cl)Cl)n1. The Morgan fingerprint density at radius 1 is 1.08 bits per heavy atom. The topological polar surface area (TPSA) is 46.0 Å². The number of nitrogens with zero attached hydrogens (tertiary/aromatic N) is 2. The minimum Gasteiger partial charge on any atom is -0.479 e. The van der Waals surface area contributed by atoms with E-state index in [4.69, 9.17) is 63.1 Å². The van der Waals surface area contributed by atoms with E-state index in [0.29, 0.717) is 0 Å². The zero-order valence-corrected chi connectivity index (χ0v) is 9.51. The van der Waals surface area contributed by atoms with Crippen molar-refractivity contribution in [3.8, 4) is 6.01 Å². The average molecular weight is 282 g/mol. The van der Waals surface area contributed by atoms with Crippen LogP contribution in [0.1, 0.15) is 5.69 Å².